The molecule has 2 N–H and O–H groups in total. The van der Waals surface area contributed by atoms with Crippen LogP contribution < -0.4 is 10.6 Å². The first-order valence-corrected chi connectivity index (χ1v) is 9.32. The number of nitrogens with one attached hydrogen (secondary N) is 2. The Kier molecular flexibility index (Phi) is 5.27. The predicted molar refractivity (Wildman–Crippen MR) is 87.9 cm³/mol. The Morgan fingerprint density at radius 3 is 2.18 bits per heavy atom. The molecule has 3 fully saturated rings. The highest BCUT2D eigenvalue weighted by Crippen LogP contribution is 2.49. The van der Waals surface area contributed by atoms with Crippen LogP contribution >= 0.6 is 0 Å². The van der Waals surface area contributed by atoms with Gasteiger partial charge in [0.25, 0.3) is 0 Å². The Morgan fingerprint density at radius 1 is 0.909 bits per heavy atom. The molecule has 3 rings (SSSR count). The van der Waals surface area contributed by atoms with Crippen molar-refractivity contribution in [3.63, 3.8) is 0 Å². The van der Waals surface area contributed by atoms with Crippen molar-refractivity contribution in [3.05, 3.63) is 0 Å². The highest BCUT2D eigenvalue weighted by Gasteiger charge is 2.43. The van der Waals surface area contributed by atoms with Gasteiger partial charge in [0, 0.05) is 19.2 Å². The maximum absolute atomic E-state index is 12.4. The largest absolute Gasteiger partial charge is 0.381 e. The zero-order valence-corrected chi connectivity index (χ0v) is 14.0. The van der Waals surface area contributed by atoms with E-state index in [1.54, 1.807) is 7.11 Å². The van der Waals surface area contributed by atoms with Crippen molar-refractivity contribution in [1.82, 2.24) is 10.6 Å². The van der Waals surface area contributed by atoms with Crippen LogP contribution in [0.3, 0.4) is 0 Å². The highest BCUT2D eigenvalue weighted by molar-refractivity contribution is 5.74. The minimum absolute atomic E-state index is 0.0686. The maximum atomic E-state index is 12.4. The predicted octanol–water partition coefficient (Wildman–Crippen LogP) is 3.75. The Morgan fingerprint density at radius 2 is 1.55 bits per heavy atom. The average Bonchev–Trinajstić information content (AvgIpc) is 3.00. The summed E-state index contributed by atoms with van der Waals surface area (Å²) in [7, 11) is 1.79. The Labute approximate surface area is 134 Å². The first kappa shape index (κ1) is 16.1. The fraction of sp³-hybridized carbons (Fsp3) is 0.944. The molecule has 1 spiro atoms. The van der Waals surface area contributed by atoms with Gasteiger partial charge < -0.3 is 15.4 Å². The van der Waals surface area contributed by atoms with Gasteiger partial charge in [-0.05, 0) is 56.8 Å². The molecule has 3 aliphatic rings. The van der Waals surface area contributed by atoms with Gasteiger partial charge in [-0.2, -0.15) is 0 Å². The van der Waals surface area contributed by atoms with Crippen molar-refractivity contribution in [3.8, 4) is 0 Å². The summed E-state index contributed by atoms with van der Waals surface area (Å²) in [6, 6.07) is 0.799. The third-order valence-corrected chi connectivity index (χ3v) is 6.40. The van der Waals surface area contributed by atoms with Crippen molar-refractivity contribution < 1.29 is 9.53 Å². The first-order valence-electron chi connectivity index (χ1n) is 9.32. The summed E-state index contributed by atoms with van der Waals surface area (Å²) >= 11 is 0. The number of urea groups is 1. The molecular weight excluding hydrogens is 276 g/mol. The van der Waals surface area contributed by atoms with E-state index in [-0.39, 0.29) is 6.03 Å². The zero-order chi connectivity index (χ0) is 15.4. The fourth-order valence-corrected chi connectivity index (χ4v) is 5.04. The van der Waals surface area contributed by atoms with Crippen molar-refractivity contribution in [2.75, 3.05) is 7.11 Å². The van der Waals surface area contributed by atoms with Gasteiger partial charge in [0.2, 0.25) is 0 Å². The van der Waals surface area contributed by atoms with Gasteiger partial charge in [-0.3, -0.25) is 0 Å². The number of amides is 2. The molecule has 0 aromatic heterocycles. The van der Waals surface area contributed by atoms with Crippen molar-refractivity contribution in [2.45, 2.75) is 95.2 Å². The molecule has 0 saturated heterocycles. The molecule has 0 aliphatic heterocycles. The quantitative estimate of drug-likeness (QED) is 0.834. The fourth-order valence-electron chi connectivity index (χ4n) is 5.04. The smallest absolute Gasteiger partial charge is 0.315 e. The van der Waals surface area contributed by atoms with E-state index in [0.29, 0.717) is 23.6 Å². The van der Waals surface area contributed by atoms with E-state index in [2.05, 4.69) is 10.6 Å². The molecule has 3 saturated carbocycles. The summed E-state index contributed by atoms with van der Waals surface area (Å²) < 4.78 is 5.40. The monoisotopic (exact) mass is 308 g/mol. The molecule has 1 unspecified atom stereocenters. The summed E-state index contributed by atoms with van der Waals surface area (Å²) in [6.07, 6.45) is 15.0. The molecule has 0 aromatic rings. The van der Waals surface area contributed by atoms with Gasteiger partial charge in [0.1, 0.15) is 0 Å². The third kappa shape index (κ3) is 3.58. The molecule has 22 heavy (non-hydrogen) atoms. The molecule has 4 heteroatoms. The minimum Gasteiger partial charge on any atom is -0.381 e. The molecule has 2 amide bonds. The second kappa shape index (κ2) is 7.20. The molecule has 3 aliphatic carbocycles. The zero-order valence-electron chi connectivity index (χ0n) is 14.0. The molecule has 4 nitrogen and oxygen atoms in total. The molecule has 126 valence electrons. The Bertz CT molecular complexity index is 371. The van der Waals surface area contributed by atoms with E-state index < -0.39 is 0 Å². The number of hydrogen-bond acceptors (Lipinski definition) is 2. The van der Waals surface area contributed by atoms with Crippen LogP contribution in [-0.2, 0) is 4.74 Å². The second-order valence-corrected chi connectivity index (χ2v) is 7.69. The van der Waals surface area contributed by atoms with Crippen LogP contribution in [-0.4, -0.2) is 31.3 Å². The highest BCUT2D eigenvalue weighted by atomic mass is 16.5. The van der Waals surface area contributed by atoms with Gasteiger partial charge >= 0.3 is 6.03 Å². The minimum atomic E-state index is 0.0686. The second-order valence-electron chi connectivity index (χ2n) is 7.69. The summed E-state index contributed by atoms with van der Waals surface area (Å²) in [5.41, 5.74) is 0.420. The van der Waals surface area contributed by atoms with Gasteiger partial charge in [0.15, 0.2) is 0 Å². The maximum Gasteiger partial charge on any atom is 0.315 e. The lowest BCUT2D eigenvalue weighted by Crippen LogP contribution is -2.53. The molecule has 0 bridgehead atoms. The number of rotatable bonds is 3. The third-order valence-electron chi connectivity index (χ3n) is 6.40. The van der Waals surface area contributed by atoms with E-state index in [1.165, 1.54) is 51.4 Å². The Hall–Kier alpha value is -0.770. The topological polar surface area (TPSA) is 50.4 Å². The van der Waals surface area contributed by atoms with E-state index in [4.69, 9.17) is 4.74 Å². The van der Waals surface area contributed by atoms with Crippen molar-refractivity contribution in [2.24, 2.45) is 5.41 Å². The molecule has 0 radical (unpaired) electrons. The number of methoxy groups -OCH3 is 1. The normalized spacial score (nSPS) is 34.5. The van der Waals surface area contributed by atoms with Crippen LogP contribution in [0.5, 0.6) is 0 Å². The molecular formula is C18H32N2O2. The number of ether oxygens (including phenoxy) is 1. The molecule has 0 heterocycles. The van der Waals surface area contributed by atoms with Crippen LogP contribution in [0, 0.1) is 5.41 Å². The van der Waals surface area contributed by atoms with E-state index >= 15 is 0 Å². The molecule has 1 atom stereocenters. The number of carbonyl (C=O) groups is 1. The number of hydrogen-bond donors (Lipinski definition) is 2. The van der Waals surface area contributed by atoms with Crippen LogP contribution in [0.1, 0.15) is 77.0 Å². The van der Waals surface area contributed by atoms with E-state index in [0.717, 1.165) is 25.7 Å². The van der Waals surface area contributed by atoms with Crippen LogP contribution in [0.4, 0.5) is 4.79 Å². The average molecular weight is 308 g/mol. The van der Waals surface area contributed by atoms with E-state index in [1.807, 2.05) is 0 Å². The standard InChI is InChI=1S/C18H32N2O2/c1-22-15-9-7-14(8-10-15)19-17(21)20-16-6-2-3-11-18(16)12-4-5-13-18/h14-16H,2-13H2,1H3,(H2,19,20,21). The van der Waals surface area contributed by atoms with E-state index in [9.17, 15) is 4.79 Å². The lowest BCUT2D eigenvalue weighted by molar-refractivity contribution is 0.0631. The lowest BCUT2D eigenvalue weighted by atomic mass is 9.69. The summed E-state index contributed by atoms with van der Waals surface area (Å²) in [6.45, 7) is 0. The SMILES string of the molecule is COC1CCC(NC(=O)NC2CCCCC23CCCC3)CC1. The van der Waals surface area contributed by atoms with Crippen molar-refractivity contribution >= 4 is 6.03 Å². The summed E-state index contributed by atoms with van der Waals surface area (Å²) in [5, 5.41) is 6.55. The van der Waals surface area contributed by atoms with Gasteiger partial charge in [0.05, 0.1) is 6.10 Å². The van der Waals surface area contributed by atoms with Gasteiger partial charge in [-0.1, -0.05) is 25.7 Å². The molecule has 0 aromatic carbocycles. The summed E-state index contributed by atoms with van der Waals surface area (Å²) in [5.74, 6) is 0. The van der Waals surface area contributed by atoms with Gasteiger partial charge in [-0.25, -0.2) is 4.79 Å². The van der Waals surface area contributed by atoms with Crippen LogP contribution in [0.25, 0.3) is 0 Å². The van der Waals surface area contributed by atoms with Gasteiger partial charge in [-0.15, -0.1) is 0 Å². The van der Waals surface area contributed by atoms with Crippen LogP contribution in [0.15, 0.2) is 0 Å². The Balaban J connectivity index is 1.48. The summed E-state index contributed by atoms with van der Waals surface area (Å²) in [4.78, 5) is 12.4. The van der Waals surface area contributed by atoms with Crippen molar-refractivity contribution in [1.29, 1.82) is 0 Å². The number of carbonyl (C=O) groups excluding carboxylic acids is 1. The lowest BCUT2D eigenvalue weighted by Gasteiger charge is -2.42. The first-order chi connectivity index (χ1) is 10.7. The van der Waals surface area contributed by atoms with Crippen LogP contribution in [0.2, 0.25) is 0 Å².